The van der Waals surface area contributed by atoms with E-state index in [4.69, 9.17) is 5.73 Å². The molecule has 0 aliphatic carbocycles. The monoisotopic (exact) mass is 260 g/mol. The summed E-state index contributed by atoms with van der Waals surface area (Å²) in [5, 5.41) is 0. The summed E-state index contributed by atoms with van der Waals surface area (Å²) in [7, 11) is 1.85. The average molecular weight is 260 g/mol. The van der Waals surface area contributed by atoms with Crippen LogP contribution in [-0.4, -0.2) is 24.4 Å². The minimum absolute atomic E-state index is 0.0632. The second kappa shape index (κ2) is 8.48. The van der Waals surface area contributed by atoms with Gasteiger partial charge in [-0.3, -0.25) is 4.79 Å². The molecule has 1 aromatic rings. The molecule has 0 heterocycles. The van der Waals surface area contributed by atoms with Crippen molar-refractivity contribution in [1.29, 1.82) is 0 Å². The van der Waals surface area contributed by atoms with Gasteiger partial charge in [0.15, 0.2) is 0 Å². The minimum Gasteiger partial charge on any atom is -0.346 e. The molecule has 1 amide bonds. The Morgan fingerprint density at radius 1 is 1.42 bits per heavy atom. The molecule has 2 N–H and O–H groups in total. The number of allylic oxidation sites excluding steroid dienone is 1. The van der Waals surface area contributed by atoms with Gasteiger partial charge in [-0.15, -0.1) is 6.58 Å². The first-order valence-electron chi connectivity index (χ1n) is 6.80. The van der Waals surface area contributed by atoms with Crippen molar-refractivity contribution in [3.8, 4) is 0 Å². The van der Waals surface area contributed by atoms with Gasteiger partial charge in [0.1, 0.15) is 0 Å². The second-order valence-electron chi connectivity index (χ2n) is 4.80. The zero-order chi connectivity index (χ0) is 14.1. The van der Waals surface area contributed by atoms with E-state index in [1.165, 1.54) is 0 Å². The molecule has 1 atom stereocenters. The standard InChI is InChI=1S/C16H24N2O/c1-3-4-8-13-18(2)16(19)12-11-15(17)14-9-6-5-7-10-14/h3,5-7,9-10,15H,1,4,8,11-13,17H2,2H3. The van der Waals surface area contributed by atoms with E-state index in [1.54, 1.807) is 4.90 Å². The molecule has 0 aliphatic rings. The van der Waals surface area contributed by atoms with Crippen LogP contribution in [0.3, 0.4) is 0 Å². The summed E-state index contributed by atoms with van der Waals surface area (Å²) in [4.78, 5) is 13.7. The lowest BCUT2D eigenvalue weighted by molar-refractivity contribution is -0.130. The van der Waals surface area contributed by atoms with Crippen molar-refractivity contribution in [2.45, 2.75) is 31.7 Å². The van der Waals surface area contributed by atoms with E-state index in [9.17, 15) is 4.79 Å². The van der Waals surface area contributed by atoms with Crippen molar-refractivity contribution in [3.05, 3.63) is 48.6 Å². The molecule has 1 aromatic carbocycles. The van der Waals surface area contributed by atoms with E-state index < -0.39 is 0 Å². The van der Waals surface area contributed by atoms with Crippen molar-refractivity contribution < 1.29 is 4.79 Å². The molecule has 0 aromatic heterocycles. The van der Waals surface area contributed by atoms with Crippen molar-refractivity contribution in [1.82, 2.24) is 4.90 Å². The lowest BCUT2D eigenvalue weighted by atomic mass is 10.0. The average Bonchev–Trinajstić information content (AvgIpc) is 2.45. The molecule has 0 spiro atoms. The zero-order valence-corrected chi connectivity index (χ0v) is 11.7. The Morgan fingerprint density at radius 3 is 2.74 bits per heavy atom. The molecule has 1 unspecified atom stereocenters. The van der Waals surface area contributed by atoms with Gasteiger partial charge in [-0.2, -0.15) is 0 Å². The van der Waals surface area contributed by atoms with E-state index in [-0.39, 0.29) is 11.9 Å². The SMILES string of the molecule is C=CCCCN(C)C(=O)CCC(N)c1ccccc1. The highest BCUT2D eigenvalue weighted by Crippen LogP contribution is 2.15. The Morgan fingerprint density at radius 2 is 2.11 bits per heavy atom. The highest BCUT2D eigenvalue weighted by Gasteiger charge is 2.11. The Labute approximate surface area is 116 Å². The molecule has 3 nitrogen and oxygen atoms in total. The Balaban J connectivity index is 2.31. The van der Waals surface area contributed by atoms with E-state index in [0.29, 0.717) is 12.8 Å². The maximum absolute atomic E-state index is 11.9. The summed E-state index contributed by atoms with van der Waals surface area (Å²) >= 11 is 0. The fourth-order valence-corrected chi connectivity index (χ4v) is 1.93. The van der Waals surface area contributed by atoms with Crippen LogP contribution in [0.15, 0.2) is 43.0 Å². The van der Waals surface area contributed by atoms with Crippen LogP contribution in [0.1, 0.15) is 37.3 Å². The van der Waals surface area contributed by atoms with Gasteiger partial charge >= 0.3 is 0 Å². The van der Waals surface area contributed by atoms with Crippen molar-refractivity contribution in [3.63, 3.8) is 0 Å². The number of benzene rings is 1. The molecular weight excluding hydrogens is 236 g/mol. The summed E-state index contributed by atoms with van der Waals surface area (Å²) in [6, 6.07) is 9.85. The third-order valence-corrected chi connectivity index (χ3v) is 3.22. The molecule has 3 heteroatoms. The predicted molar refractivity (Wildman–Crippen MR) is 79.7 cm³/mol. The number of nitrogens with zero attached hydrogens (tertiary/aromatic N) is 1. The Hall–Kier alpha value is -1.61. The normalized spacial score (nSPS) is 11.9. The highest BCUT2D eigenvalue weighted by atomic mass is 16.2. The van der Waals surface area contributed by atoms with Gasteiger partial charge in [0.2, 0.25) is 5.91 Å². The van der Waals surface area contributed by atoms with Crippen LogP contribution in [0, 0.1) is 0 Å². The summed E-state index contributed by atoms with van der Waals surface area (Å²) < 4.78 is 0. The maximum Gasteiger partial charge on any atom is 0.222 e. The smallest absolute Gasteiger partial charge is 0.222 e. The van der Waals surface area contributed by atoms with Gasteiger partial charge in [0, 0.05) is 26.1 Å². The first-order valence-corrected chi connectivity index (χ1v) is 6.80. The van der Waals surface area contributed by atoms with Crippen LogP contribution in [-0.2, 0) is 4.79 Å². The van der Waals surface area contributed by atoms with Crippen molar-refractivity contribution in [2.24, 2.45) is 5.73 Å². The summed E-state index contributed by atoms with van der Waals surface area (Å²) in [6.45, 7) is 4.46. The summed E-state index contributed by atoms with van der Waals surface area (Å²) in [5.41, 5.74) is 7.17. The topological polar surface area (TPSA) is 46.3 Å². The molecule has 0 radical (unpaired) electrons. The van der Waals surface area contributed by atoms with Gasteiger partial charge < -0.3 is 10.6 Å². The molecule has 1 rings (SSSR count). The highest BCUT2D eigenvalue weighted by molar-refractivity contribution is 5.75. The van der Waals surface area contributed by atoms with Crippen LogP contribution in [0.25, 0.3) is 0 Å². The molecule has 0 saturated carbocycles. The molecule has 0 aliphatic heterocycles. The fourth-order valence-electron chi connectivity index (χ4n) is 1.93. The Kier molecular flexibility index (Phi) is 6.90. The third kappa shape index (κ3) is 5.71. The van der Waals surface area contributed by atoms with Crippen molar-refractivity contribution >= 4 is 5.91 Å². The van der Waals surface area contributed by atoms with Crippen LogP contribution in [0.4, 0.5) is 0 Å². The number of hydrogen-bond donors (Lipinski definition) is 1. The summed E-state index contributed by atoms with van der Waals surface area (Å²) in [5.74, 6) is 0.162. The number of rotatable bonds is 8. The van der Waals surface area contributed by atoms with Gasteiger partial charge in [-0.05, 0) is 24.8 Å². The van der Waals surface area contributed by atoms with Gasteiger partial charge in [0.25, 0.3) is 0 Å². The minimum atomic E-state index is -0.0632. The van der Waals surface area contributed by atoms with Crippen molar-refractivity contribution in [2.75, 3.05) is 13.6 Å². The second-order valence-corrected chi connectivity index (χ2v) is 4.80. The first kappa shape index (κ1) is 15.4. The lowest BCUT2D eigenvalue weighted by Gasteiger charge is -2.18. The fraction of sp³-hybridized carbons (Fsp3) is 0.438. The molecule has 0 bridgehead atoms. The molecular formula is C16H24N2O. The van der Waals surface area contributed by atoms with E-state index in [0.717, 1.165) is 24.9 Å². The van der Waals surface area contributed by atoms with E-state index in [1.807, 2.05) is 43.5 Å². The van der Waals surface area contributed by atoms with Crippen LogP contribution >= 0.6 is 0 Å². The Bertz CT molecular complexity index is 389. The predicted octanol–water partition coefficient (Wildman–Crippen LogP) is 2.89. The van der Waals surface area contributed by atoms with Crippen LogP contribution in [0.2, 0.25) is 0 Å². The number of nitrogens with two attached hydrogens (primary N) is 1. The van der Waals surface area contributed by atoms with Crippen LogP contribution in [0.5, 0.6) is 0 Å². The van der Waals surface area contributed by atoms with E-state index in [2.05, 4.69) is 6.58 Å². The number of carbonyl (C=O) groups is 1. The molecule has 19 heavy (non-hydrogen) atoms. The molecule has 104 valence electrons. The first-order chi connectivity index (χ1) is 9.15. The quantitative estimate of drug-likeness (QED) is 0.577. The lowest BCUT2D eigenvalue weighted by Crippen LogP contribution is -2.28. The van der Waals surface area contributed by atoms with E-state index >= 15 is 0 Å². The van der Waals surface area contributed by atoms with Crippen LogP contribution < -0.4 is 5.73 Å². The number of carbonyl (C=O) groups excluding carboxylic acids is 1. The van der Waals surface area contributed by atoms with Gasteiger partial charge in [-0.1, -0.05) is 36.4 Å². The largest absolute Gasteiger partial charge is 0.346 e. The van der Waals surface area contributed by atoms with Gasteiger partial charge in [-0.25, -0.2) is 0 Å². The maximum atomic E-state index is 11.9. The number of unbranched alkanes of at least 4 members (excludes halogenated alkanes) is 1. The number of amides is 1. The summed E-state index contributed by atoms with van der Waals surface area (Å²) in [6.07, 6.45) is 4.98. The molecule has 0 saturated heterocycles. The van der Waals surface area contributed by atoms with Gasteiger partial charge in [0.05, 0.1) is 0 Å². The molecule has 0 fully saturated rings. The number of hydrogen-bond acceptors (Lipinski definition) is 2. The third-order valence-electron chi connectivity index (χ3n) is 3.22. The zero-order valence-electron chi connectivity index (χ0n) is 11.7.